The first-order valence-corrected chi connectivity index (χ1v) is 9.96. The molecule has 1 heterocycles. The van der Waals surface area contributed by atoms with Gasteiger partial charge in [-0.05, 0) is 38.5 Å². The van der Waals surface area contributed by atoms with E-state index < -0.39 is 0 Å². The average Bonchev–Trinajstić information content (AvgIpc) is 3.19. The minimum atomic E-state index is -0.184. The van der Waals surface area contributed by atoms with E-state index in [1.807, 2.05) is 69.3 Å². The monoisotopic (exact) mass is 396 g/mol. The maximum atomic E-state index is 12.6. The van der Waals surface area contributed by atoms with Crippen molar-refractivity contribution in [1.82, 2.24) is 10.3 Å². The minimum Gasteiger partial charge on any atom is -0.493 e. The predicted octanol–water partition coefficient (Wildman–Crippen LogP) is 5.10. The molecular formula is C22H24N2O3S. The molecule has 1 N–H and O–H groups in total. The van der Waals surface area contributed by atoms with Crippen LogP contribution in [0.5, 0.6) is 11.5 Å². The van der Waals surface area contributed by atoms with Crippen LogP contribution >= 0.6 is 11.3 Å². The summed E-state index contributed by atoms with van der Waals surface area (Å²) in [5, 5.41) is 3.85. The highest BCUT2D eigenvalue weighted by atomic mass is 32.1. The second kappa shape index (κ2) is 8.89. The van der Waals surface area contributed by atoms with Crippen molar-refractivity contribution in [3.05, 3.63) is 65.2 Å². The van der Waals surface area contributed by atoms with Gasteiger partial charge in [-0.2, -0.15) is 0 Å². The Bertz CT molecular complexity index is 938. The molecule has 0 aliphatic heterocycles. The first kappa shape index (κ1) is 19.9. The Kier molecular flexibility index (Phi) is 6.31. The summed E-state index contributed by atoms with van der Waals surface area (Å²) in [5.74, 6) is 1.19. The molecule has 5 nitrogen and oxygen atoms in total. The maximum Gasteiger partial charge on any atom is 0.263 e. The fraction of sp³-hybridized carbons (Fsp3) is 0.273. The summed E-state index contributed by atoms with van der Waals surface area (Å²) in [6.07, 6.45) is 1.68. The lowest BCUT2D eigenvalue weighted by molar-refractivity contribution is 0.0943. The van der Waals surface area contributed by atoms with Crippen LogP contribution in [0.2, 0.25) is 0 Å². The highest BCUT2D eigenvalue weighted by molar-refractivity contribution is 7.16. The molecule has 0 radical (unpaired) electrons. The Morgan fingerprint density at radius 1 is 1.07 bits per heavy atom. The molecule has 6 heteroatoms. The van der Waals surface area contributed by atoms with Gasteiger partial charge in [-0.3, -0.25) is 4.79 Å². The molecule has 0 spiro atoms. The van der Waals surface area contributed by atoms with Gasteiger partial charge >= 0.3 is 0 Å². The lowest BCUT2D eigenvalue weighted by atomic mass is 10.1. The third-order valence-corrected chi connectivity index (χ3v) is 5.19. The summed E-state index contributed by atoms with van der Waals surface area (Å²) in [7, 11) is 1.61. The second-order valence-electron chi connectivity index (χ2n) is 6.67. The Balaban J connectivity index is 1.71. The summed E-state index contributed by atoms with van der Waals surface area (Å²) in [6.45, 7) is 5.87. The zero-order valence-electron chi connectivity index (χ0n) is 16.4. The molecule has 28 heavy (non-hydrogen) atoms. The Morgan fingerprint density at radius 3 is 2.50 bits per heavy atom. The van der Waals surface area contributed by atoms with Crippen molar-refractivity contribution < 1.29 is 14.3 Å². The molecule has 1 amide bonds. The van der Waals surface area contributed by atoms with Gasteiger partial charge in [0.2, 0.25) is 0 Å². The van der Waals surface area contributed by atoms with E-state index in [1.165, 1.54) is 11.3 Å². The fourth-order valence-electron chi connectivity index (χ4n) is 2.75. The van der Waals surface area contributed by atoms with Crippen molar-refractivity contribution in [2.75, 3.05) is 7.11 Å². The molecule has 0 aliphatic rings. The van der Waals surface area contributed by atoms with Gasteiger partial charge < -0.3 is 14.8 Å². The van der Waals surface area contributed by atoms with Gasteiger partial charge in [-0.1, -0.05) is 36.4 Å². The second-order valence-corrected chi connectivity index (χ2v) is 7.70. The predicted molar refractivity (Wildman–Crippen MR) is 112 cm³/mol. The number of aromatic nitrogens is 1. The molecule has 0 aliphatic carbocycles. The highest BCUT2D eigenvalue weighted by Crippen LogP contribution is 2.31. The number of nitrogens with one attached hydrogen (secondary N) is 1. The Morgan fingerprint density at radius 2 is 1.82 bits per heavy atom. The smallest absolute Gasteiger partial charge is 0.263 e. The molecule has 0 fully saturated rings. The summed E-state index contributed by atoms with van der Waals surface area (Å²) in [4.78, 5) is 17.6. The van der Waals surface area contributed by atoms with Crippen LogP contribution in [0.4, 0.5) is 0 Å². The van der Waals surface area contributed by atoms with Crippen molar-refractivity contribution in [1.29, 1.82) is 0 Å². The minimum absolute atomic E-state index is 0.0574. The number of carbonyl (C=O) groups is 1. The summed E-state index contributed by atoms with van der Waals surface area (Å²) in [6, 6.07) is 15.4. The van der Waals surface area contributed by atoms with Crippen LogP contribution in [0.1, 0.15) is 42.0 Å². The molecule has 1 unspecified atom stereocenters. The van der Waals surface area contributed by atoms with Gasteiger partial charge in [0.05, 0.1) is 25.5 Å². The van der Waals surface area contributed by atoms with E-state index in [1.54, 1.807) is 13.3 Å². The van der Waals surface area contributed by atoms with Crippen molar-refractivity contribution in [3.8, 4) is 22.1 Å². The number of nitrogens with zero attached hydrogens (tertiary/aromatic N) is 1. The zero-order chi connectivity index (χ0) is 20.1. The van der Waals surface area contributed by atoms with Gasteiger partial charge in [-0.25, -0.2) is 4.98 Å². The van der Waals surface area contributed by atoms with Crippen molar-refractivity contribution in [2.45, 2.75) is 32.9 Å². The van der Waals surface area contributed by atoms with Gasteiger partial charge in [0.25, 0.3) is 5.91 Å². The van der Waals surface area contributed by atoms with Gasteiger partial charge in [0, 0.05) is 5.56 Å². The third-order valence-electron chi connectivity index (χ3n) is 4.15. The zero-order valence-corrected chi connectivity index (χ0v) is 17.2. The SMILES string of the molecule is COc1cc(C(C)NC(=O)c2cnc(-c3ccccc3)s2)ccc1OC(C)C. The van der Waals surface area contributed by atoms with Crippen LogP contribution in [0, 0.1) is 0 Å². The summed E-state index contributed by atoms with van der Waals surface area (Å²) in [5.41, 5.74) is 1.94. The number of ether oxygens (including phenoxy) is 2. The molecule has 0 saturated carbocycles. The molecule has 1 atom stereocenters. The fourth-order valence-corrected chi connectivity index (χ4v) is 3.57. The van der Waals surface area contributed by atoms with Crippen LogP contribution in [0.25, 0.3) is 10.6 Å². The van der Waals surface area contributed by atoms with Crippen LogP contribution in [0.15, 0.2) is 54.7 Å². The van der Waals surface area contributed by atoms with Crippen LogP contribution in [-0.2, 0) is 0 Å². The number of hydrogen-bond donors (Lipinski definition) is 1. The molecule has 2 aromatic carbocycles. The lowest BCUT2D eigenvalue weighted by Crippen LogP contribution is -2.25. The lowest BCUT2D eigenvalue weighted by Gasteiger charge is -2.18. The van der Waals surface area contributed by atoms with Gasteiger partial charge in [0.15, 0.2) is 11.5 Å². The number of thiazole rings is 1. The van der Waals surface area contributed by atoms with E-state index in [0.717, 1.165) is 16.1 Å². The summed E-state index contributed by atoms with van der Waals surface area (Å²) < 4.78 is 11.2. The van der Waals surface area contributed by atoms with Gasteiger partial charge in [0.1, 0.15) is 9.88 Å². The standard InChI is InChI=1S/C22H24N2O3S/c1-14(2)27-18-11-10-17(12-19(18)26-4)15(3)24-21(25)20-13-23-22(28-20)16-8-6-5-7-9-16/h5-15H,1-4H3,(H,24,25). The molecule has 0 saturated heterocycles. The number of methoxy groups -OCH3 is 1. The highest BCUT2D eigenvalue weighted by Gasteiger charge is 2.17. The van der Waals surface area contributed by atoms with E-state index in [2.05, 4.69) is 10.3 Å². The number of benzene rings is 2. The Labute approximate surface area is 169 Å². The molecule has 1 aromatic heterocycles. The molecule has 3 aromatic rings. The maximum absolute atomic E-state index is 12.6. The van der Waals surface area contributed by atoms with Crippen LogP contribution < -0.4 is 14.8 Å². The van der Waals surface area contributed by atoms with Crippen molar-refractivity contribution in [2.24, 2.45) is 0 Å². The first-order valence-electron chi connectivity index (χ1n) is 9.14. The molecule has 146 valence electrons. The quantitative estimate of drug-likeness (QED) is 0.604. The normalized spacial score (nSPS) is 11.9. The largest absolute Gasteiger partial charge is 0.493 e. The van der Waals surface area contributed by atoms with E-state index >= 15 is 0 Å². The van der Waals surface area contributed by atoms with Crippen molar-refractivity contribution in [3.63, 3.8) is 0 Å². The Hall–Kier alpha value is -2.86. The number of carbonyl (C=O) groups excluding carboxylic acids is 1. The molecular weight excluding hydrogens is 372 g/mol. The van der Waals surface area contributed by atoms with E-state index in [9.17, 15) is 4.79 Å². The van der Waals surface area contributed by atoms with E-state index in [-0.39, 0.29) is 18.1 Å². The third kappa shape index (κ3) is 4.70. The van der Waals surface area contributed by atoms with Crippen LogP contribution in [-0.4, -0.2) is 24.1 Å². The number of hydrogen-bond acceptors (Lipinski definition) is 5. The van der Waals surface area contributed by atoms with E-state index in [0.29, 0.717) is 16.4 Å². The first-order chi connectivity index (χ1) is 13.5. The topological polar surface area (TPSA) is 60.5 Å². The summed E-state index contributed by atoms with van der Waals surface area (Å²) >= 11 is 1.38. The number of rotatable bonds is 7. The van der Waals surface area contributed by atoms with E-state index in [4.69, 9.17) is 9.47 Å². The van der Waals surface area contributed by atoms with Crippen molar-refractivity contribution >= 4 is 17.2 Å². The van der Waals surface area contributed by atoms with Gasteiger partial charge in [-0.15, -0.1) is 11.3 Å². The molecule has 3 rings (SSSR count). The van der Waals surface area contributed by atoms with Crippen LogP contribution in [0.3, 0.4) is 0 Å². The number of amides is 1. The molecule has 0 bridgehead atoms. The average molecular weight is 397 g/mol.